The Hall–Kier alpha value is -2.92. The van der Waals surface area contributed by atoms with E-state index in [9.17, 15) is 23.1 Å². The fourth-order valence-electron chi connectivity index (χ4n) is 3.97. The predicted octanol–water partition coefficient (Wildman–Crippen LogP) is 5.70. The van der Waals surface area contributed by atoms with Crippen LogP contribution in [-0.4, -0.2) is 40.1 Å². The summed E-state index contributed by atoms with van der Waals surface area (Å²) < 4.78 is 53.7. The molecule has 1 aliphatic heterocycles. The largest absolute Gasteiger partial charge is 0.493 e. The van der Waals surface area contributed by atoms with Crippen LogP contribution in [0.1, 0.15) is 46.1 Å². The molecular formula is C22H19ClF3N3O4S. The third kappa shape index (κ3) is 4.41. The van der Waals surface area contributed by atoms with Gasteiger partial charge in [0.15, 0.2) is 17.3 Å². The quantitative estimate of drug-likeness (QED) is 0.452. The normalized spacial score (nSPS) is 17.5. The molecule has 0 saturated carbocycles. The zero-order chi connectivity index (χ0) is 24.6. The molecule has 0 aliphatic carbocycles. The Balaban J connectivity index is 2.00. The summed E-state index contributed by atoms with van der Waals surface area (Å²) in [5.74, 6) is -1.37. The molecule has 0 fully saturated rings. The topological polar surface area (TPSA) is 86.5 Å². The molecule has 34 heavy (non-hydrogen) atoms. The van der Waals surface area contributed by atoms with Gasteiger partial charge in [0.1, 0.15) is 0 Å². The second kappa shape index (κ2) is 9.38. The van der Waals surface area contributed by atoms with E-state index in [1.807, 2.05) is 0 Å². The fraction of sp³-hybridized carbons (Fsp3) is 0.318. The molecule has 2 unspecified atom stereocenters. The van der Waals surface area contributed by atoms with E-state index in [1.165, 1.54) is 38.1 Å². The number of fused-ring (bicyclic) bond motifs is 3. The number of ether oxygens (including phenoxy) is 2. The monoisotopic (exact) mass is 513 g/mol. The third-order valence-electron chi connectivity index (χ3n) is 5.38. The van der Waals surface area contributed by atoms with E-state index in [4.69, 9.17) is 21.1 Å². The van der Waals surface area contributed by atoms with Crippen LogP contribution in [0.2, 0.25) is 5.02 Å². The Kier molecular flexibility index (Phi) is 6.68. The summed E-state index contributed by atoms with van der Waals surface area (Å²) in [5, 5.41) is 15.6. The number of hydrogen-bond acceptors (Lipinski definition) is 6. The van der Waals surface area contributed by atoms with Crippen LogP contribution in [0.15, 0.2) is 36.4 Å². The molecule has 4 rings (SSSR count). The van der Waals surface area contributed by atoms with E-state index < -0.39 is 28.5 Å². The molecule has 0 bridgehead atoms. The van der Waals surface area contributed by atoms with E-state index in [2.05, 4.69) is 10.2 Å². The van der Waals surface area contributed by atoms with Gasteiger partial charge in [0.25, 0.3) is 0 Å². The van der Waals surface area contributed by atoms with Gasteiger partial charge in [0, 0.05) is 17.0 Å². The van der Waals surface area contributed by atoms with Crippen LogP contribution in [-0.2, 0) is 11.0 Å². The highest BCUT2D eigenvalue weighted by molar-refractivity contribution is 8.00. The summed E-state index contributed by atoms with van der Waals surface area (Å²) in [6, 6.07) is 9.82. The minimum absolute atomic E-state index is 0.0199. The average Bonchev–Trinajstić information content (AvgIpc) is 3.19. The molecule has 0 amide bonds. The van der Waals surface area contributed by atoms with E-state index in [-0.39, 0.29) is 24.4 Å². The third-order valence-corrected chi connectivity index (χ3v) is 7.17. The zero-order valence-electron chi connectivity index (χ0n) is 18.0. The van der Waals surface area contributed by atoms with E-state index in [0.29, 0.717) is 27.6 Å². The van der Waals surface area contributed by atoms with Crippen LogP contribution in [0.5, 0.6) is 11.5 Å². The highest BCUT2D eigenvalue weighted by Crippen LogP contribution is 2.54. The minimum atomic E-state index is -4.78. The van der Waals surface area contributed by atoms with Gasteiger partial charge in [-0.2, -0.15) is 13.2 Å². The highest BCUT2D eigenvalue weighted by atomic mass is 35.5. The number of para-hydroxylation sites is 1. The first-order valence-corrected chi connectivity index (χ1v) is 11.4. The molecule has 2 atom stereocenters. The van der Waals surface area contributed by atoms with Crippen LogP contribution in [0, 0.1) is 0 Å². The lowest BCUT2D eigenvalue weighted by Crippen LogP contribution is -2.16. The number of methoxy groups -OCH3 is 2. The maximum absolute atomic E-state index is 13.9. The van der Waals surface area contributed by atoms with Crippen LogP contribution >= 0.6 is 23.4 Å². The second-order valence-corrected chi connectivity index (χ2v) is 9.19. The van der Waals surface area contributed by atoms with Crippen molar-refractivity contribution in [3.05, 3.63) is 64.2 Å². The number of carboxylic acid groups (broad SMARTS) is 1. The second-order valence-electron chi connectivity index (χ2n) is 7.44. The molecule has 1 N–H and O–H groups in total. The number of carboxylic acids is 1. The average molecular weight is 514 g/mol. The highest BCUT2D eigenvalue weighted by Gasteiger charge is 2.43. The van der Waals surface area contributed by atoms with Gasteiger partial charge in [-0.25, -0.2) is 0 Å². The molecule has 2 heterocycles. The first-order valence-electron chi connectivity index (χ1n) is 10.1. The number of hydrogen-bond donors (Lipinski definition) is 1. The lowest BCUT2D eigenvalue weighted by Gasteiger charge is -2.23. The molecule has 0 spiro atoms. The van der Waals surface area contributed by atoms with Crippen molar-refractivity contribution in [1.29, 1.82) is 0 Å². The molecule has 3 aromatic rings. The van der Waals surface area contributed by atoms with E-state index in [1.54, 1.807) is 24.3 Å². The Morgan fingerprint density at radius 3 is 2.59 bits per heavy atom. The minimum Gasteiger partial charge on any atom is -0.493 e. The van der Waals surface area contributed by atoms with Gasteiger partial charge in [-0.05, 0) is 36.2 Å². The summed E-state index contributed by atoms with van der Waals surface area (Å²) in [6.45, 7) is 0. The van der Waals surface area contributed by atoms with Crippen LogP contribution in [0.25, 0.3) is 5.69 Å². The summed E-state index contributed by atoms with van der Waals surface area (Å²) in [4.78, 5) is 11.3. The Bertz CT molecular complexity index is 1230. The Labute approximate surface area is 201 Å². The van der Waals surface area contributed by atoms with E-state index >= 15 is 0 Å². The molecule has 0 radical (unpaired) electrons. The number of alkyl halides is 3. The van der Waals surface area contributed by atoms with Crippen molar-refractivity contribution in [3.63, 3.8) is 0 Å². The SMILES string of the molecule is COc1cccc(C2SC(CCC(=O)O)c3nnc(C(F)(F)F)n3-c3ccc(Cl)cc32)c1OC. The van der Waals surface area contributed by atoms with Gasteiger partial charge in [-0.3, -0.25) is 9.36 Å². The predicted molar refractivity (Wildman–Crippen MR) is 120 cm³/mol. The van der Waals surface area contributed by atoms with Crippen LogP contribution in [0.4, 0.5) is 13.2 Å². The van der Waals surface area contributed by atoms with Gasteiger partial charge >= 0.3 is 12.1 Å². The molecule has 7 nitrogen and oxygen atoms in total. The molecule has 0 saturated heterocycles. The fourth-order valence-corrected chi connectivity index (χ4v) is 5.68. The molecular weight excluding hydrogens is 495 g/mol. The number of halogens is 4. The maximum Gasteiger partial charge on any atom is 0.452 e. The molecule has 180 valence electrons. The Morgan fingerprint density at radius 2 is 1.94 bits per heavy atom. The number of rotatable bonds is 6. The van der Waals surface area contributed by atoms with Crippen LogP contribution in [0.3, 0.4) is 0 Å². The molecule has 1 aliphatic rings. The van der Waals surface area contributed by atoms with Crippen molar-refractivity contribution in [2.75, 3.05) is 14.2 Å². The van der Waals surface area contributed by atoms with Crippen molar-refractivity contribution in [2.45, 2.75) is 29.5 Å². The molecule has 12 heteroatoms. The van der Waals surface area contributed by atoms with Crippen molar-refractivity contribution >= 4 is 29.3 Å². The maximum atomic E-state index is 13.9. The molecule has 2 aromatic carbocycles. The lowest BCUT2D eigenvalue weighted by molar-refractivity contribution is -0.146. The van der Waals surface area contributed by atoms with Crippen molar-refractivity contribution in [2.24, 2.45) is 0 Å². The number of carbonyl (C=O) groups is 1. The zero-order valence-corrected chi connectivity index (χ0v) is 19.5. The Morgan fingerprint density at radius 1 is 1.18 bits per heavy atom. The van der Waals surface area contributed by atoms with Crippen molar-refractivity contribution in [3.8, 4) is 17.2 Å². The van der Waals surface area contributed by atoms with Gasteiger partial charge in [-0.1, -0.05) is 23.7 Å². The molecule has 1 aromatic heterocycles. The standard InChI is InChI=1S/C22H19ClF3N3O4S/c1-32-15-5-3-4-12(18(15)33-2)19-13-10-11(23)6-7-14(13)29-20(16(34-19)8-9-17(30)31)27-28-21(29)22(24,25)26/h3-7,10,16,19H,8-9H2,1-2H3,(H,30,31). The number of aliphatic carboxylic acids is 1. The van der Waals surface area contributed by atoms with Crippen LogP contribution < -0.4 is 9.47 Å². The van der Waals surface area contributed by atoms with Crippen molar-refractivity contribution < 1.29 is 32.5 Å². The van der Waals surface area contributed by atoms with Gasteiger partial charge in [-0.15, -0.1) is 22.0 Å². The summed E-state index contributed by atoms with van der Waals surface area (Å²) in [5.41, 5.74) is 1.33. The van der Waals surface area contributed by atoms with Crippen molar-refractivity contribution in [1.82, 2.24) is 14.8 Å². The van der Waals surface area contributed by atoms with Gasteiger partial charge in [0.05, 0.1) is 30.4 Å². The number of thioether (sulfide) groups is 1. The lowest BCUT2D eigenvalue weighted by atomic mass is 10.0. The van der Waals surface area contributed by atoms with E-state index in [0.717, 1.165) is 4.57 Å². The number of nitrogens with zero attached hydrogens (tertiary/aromatic N) is 3. The summed E-state index contributed by atoms with van der Waals surface area (Å²) in [7, 11) is 2.96. The number of aromatic nitrogens is 3. The first-order chi connectivity index (χ1) is 16.2. The van der Waals surface area contributed by atoms with Gasteiger partial charge < -0.3 is 14.6 Å². The summed E-state index contributed by atoms with van der Waals surface area (Å²) in [6.07, 6.45) is -5.00. The number of benzene rings is 2. The smallest absolute Gasteiger partial charge is 0.452 e. The first kappa shape index (κ1) is 24.2. The summed E-state index contributed by atoms with van der Waals surface area (Å²) >= 11 is 7.55. The van der Waals surface area contributed by atoms with Gasteiger partial charge in [0.2, 0.25) is 5.82 Å².